The van der Waals surface area contributed by atoms with Gasteiger partial charge in [-0.1, -0.05) is 6.92 Å². The number of hydrogen-bond acceptors (Lipinski definition) is 1. The van der Waals surface area contributed by atoms with Crippen LogP contribution >= 0.6 is 0 Å². The van der Waals surface area contributed by atoms with Crippen molar-refractivity contribution in [1.29, 1.82) is 0 Å². The van der Waals surface area contributed by atoms with Crippen LogP contribution in [0.1, 0.15) is 12.5 Å². The Labute approximate surface area is 79.0 Å². The highest BCUT2D eigenvalue weighted by Gasteiger charge is 2.28. The highest BCUT2D eigenvalue weighted by molar-refractivity contribution is 5.10. The Morgan fingerprint density at radius 2 is 2.07 bits per heavy atom. The van der Waals surface area contributed by atoms with Gasteiger partial charge in [-0.15, -0.1) is 0 Å². The number of aryl methyl sites for hydroxylation is 1. The zero-order chi connectivity index (χ0) is 10.8. The van der Waals surface area contributed by atoms with E-state index in [1.165, 1.54) is 18.3 Å². The van der Waals surface area contributed by atoms with E-state index in [1.54, 1.807) is 0 Å². The van der Waals surface area contributed by atoms with Gasteiger partial charge in [-0.05, 0) is 18.1 Å². The van der Waals surface area contributed by atoms with Gasteiger partial charge < -0.3 is 4.57 Å². The van der Waals surface area contributed by atoms with Gasteiger partial charge in [0, 0.05) is 12.3 Å². The van der Waals surface area contributed by atoms with Crippen LogP contribution in [0.4, 0.5) is 13.2 Å². The van der Waals surface area contributed by atoms with Crippen molar-refractivity contribution in [2.24, 2.45) is 0 Å². The van der Waals surface area contributed by atoms with Gasteiger partial charge in [0.05, 0.1) is 0 Å². The van der Waals surface area contributed by atoms with Gasteiger partial charge >= 0.3 is 6.18 Å². The number of halogens is 3. The van der Waals surface area contributed by atoms with Crippen LogP contribution in [-0.2, 0) is 13.0 Å². The molecule has 0 spiro atoms. The third-order valence-corrected chi connectivity index (χ3v) is 1.82. The van der Waals surface area contributed by atoms with E-state index >= 15 is 0 Å². The highest BCUT2D eigenvalue weighted by atomic mass is 19.4. The lowest BCUT2D eigenvalue weighted by Gasteiger charge is -2.09. The summed E-state index contributed by atoms with van der Waals surface area (Å²) in [5.41, 5.74) is 0.134. The second kappa shape index (κ2) is 3.86. The van der Waals surface area contributed by atoms with Crippen molar-refractivity contribution in [1.82, 2.24) is 4.57 Å². The molecular formula is C9H10F3NO. The molecular weight excluding hydrogens is 195 g/mol. The summed E-state index contributed by atoms with van der Waals surface area (Å²) < 4.78 is 36.5. The minimum atomic E-state index is -4.35. The molecule has 0 radical (unpaired) electrons. The summed E-state index contributed by atoms with van der Waals surface area (Å²) in [6, 6.07) is 2.75. The molecule has 2 nitrogen and oxygen atoms in total. The van der Waals surface area contributed by atoms with Crippen molar-refractivity contribution < 1.29 is 13.2 Å². The predicted molar refractivity (Wildman–Crippen MR) is 46.1 cm³/mol. The summed E-state index contributed by atoms with van der Waals surface area (Å²) in [5, 5.41) is 0. The van der Waals surface area contributed by atoms with Crippen molar-refractivity contribution in [3.63, 3.8) is 0 Å². The largest absolute Gasteiger partial charge is 0.406 e. The lowest BCUT2D eigenvalue weighted by Crippen LogP contribution is -2.27. The average Bonchev–Trinajstić information content (AvgIpc) is 2.06. The fourth-order valence-corrected chi connectivity index (χ4v) is 1.09. The molecule has 0 fully saturated rings. The monoisotopic (exact) mass is 205 g/mol. The average molecular weight is 205 g/mol. The Morgan fingerprint density at radius 3 is 2.50 bits per heavy atom. The molecule has 0 N–H and O–H groups in total. The van der Waals surface area contributed by atoms with E-state index in [0.717, 1.165) is 5.56 Å². The van der Waals surface area contributed by atoms with Crippen LogP contribution in [0.3, 0.4) is 0 Å². The number of nitrogens with zero attached hydrogens (tertiary/aromatic N) is 1. The maximum Gasteiger partial charge on any atom is 0.406 e. The molecule has 0 aromatic carbocycles. The summed E-state index contributed by atoms with van der Waals surface area (Å²) >= 11 is 0. The molecule has 0 aliphatic carbocycles. The Morgan fingerprint density at radius 1 is 1.43 bits per heavy atom. The summed E-state index contributed by atoms with van der Waals surface area (Å²) in [6.07, 6.45) is -2.53. The highest BCUT2D eigenvalue weighted by Crippen LogP contribution is 2.16. The molecule has 5 heteroatoms. The SMILES string of the molecule is CCc1ccn(CC(F)(F)F)c(=O)c1. The normalized spacial score (nSPS) is 11.7. The number of alkyl halides is 3. The zero-order valence-corrected chi connectivity index (χ0v) is 7.64. The maximum absolute atomic E-state index is 11.9. The number of aromatic nitrogens is 1. The van der Waals surface area contributed by atoms with Crippen molar-refractivity contribution in [2.45, 2.75) is 26.1 Å². The first kappa shape index (κ1) is 10.8. The number of rotatable bonds is 2. The van der Waals surface area contributed by atoms with Crippen LogP contribution < -0.4 is 5.56 Å². The van der Waals surface area contributed by atoms with Crippen molar-refractivity contribution in [3.8, 4) is 0 Å². The zero-order valence-electron chi connectivity index (χ0n) is 7.64. The van der Waals surface area contributed by atoms with E-state index in [9.17, 15) is 18.0 Å². The molecule has 0 saturated carbocycles. The van der Waals surface area contributed by atoms with Gasteiger partial charge in [0.25, 0.3) is 5.56 Å². The smallest absolute Gasteiger partial charge is 0.306 e. The van der Waals surface area contributed by atoms with E-state index in [0.29, 0.717) is 11.0 Å². The molecule has 1 aromatic heterocycles. The van der Waals surface area contributed by atoms with Gasteiger partial charge in [0.15, 0.2) is 0 Å². The van der Waals surface area contributed by atoms with Gasteiger partial charge in [-0.2, -0.15) is 13.2 Å². The summed E-state index contributed by atoms with van der Waals surface area (Å²) in [4.78, 5) is 11.1. The van der Waals surface area contributed by atoms with Crippen LogP contribution in [0.5, 0.6) is 0 Å². The molecule has 0 saturated heterocycles. The molecule has 78 valence electrons. The fraction of sp³-hybridized carbons (Fsp3) is 0.444. The first-order valence-electron chi connectivity index (χ1n) is 4.18. The van der Waals surface area contributed by atoms with Crippen LogP contribution in [0.2, 0.25) is 0 Å². The molecule has 0 amide bonds. The van der Waals surface area contributed by atoms with Gasteiger partial charge in [-0.3, -0.25) is 4.79 Å². The Kier molecular flexibility index (Phi) is 2.98. The maximum atomic E-state index is 11.9. The molecule has 14 heavy (non-hydrogen) atoms. The second-order valence-corrected chi connectivity index (χ2v) is 2.97. The molecule has 1 aromatic rings. The third-order valence-electron chi connectivity index (χ3n) is 1.82. The van der Waals surface area contributed by atoms with E-state index in [-0.39, 0.29) is 0 Å². The van der Waals surface area contributed by atoms with E-state index in [4.69, 9.17) is 0 Å². The van der Waals surface area contributed by atoms with Gasteiger partial charge in [0.1, 0.15) is 6.54 Å². The van der Waals surface area contributed by atoms with Crippen molar-refractivity contribution in [2.75, 3.05) is 0 Å². The second-order valence-electron chi connectivity index (χ2n) is 2.97. The van der Waals surface area contributed by atoms with Crippen molar-refractivity contribution >= 4 is 0 Å². The molecule has 0 unspecified atom stereocenters. The molecule has 1 rings (SSSR count). The number of hydrogen-bond donors (Lipinski definition) is 0. The van der Waals surface area contributed by atoms with E-state index in [2.05, 4.69) is 0 Å². The quantitative estimate of drug-likeness (QED) is 0.723. The molecule has 0 bridgehead atoms. The van der Waals surface area contributed by atoms with Crippen LogP contribution in [0.25, 0.3) is 0 Å². The lowest BCUT2D eigenvalue weighted by molar-refractivity contribution is -0.141. The predicted octanol–water partition coefficient (Wildman–Crippen LogP) is 1.97. The standard InChI is InChI=1S/C9H10F3NO/c1-2-7-3-4-13(8(14)5-7)6-9(10,11)12/h3-5H,2,6H2,1H3. The molecule has 0 atom stereocenters. The minimum Gasteiger partial charge on any atom is -0.306 e. The van der Waals surface area contributed by atoms with Gasteiger partial charge in [0.2, 0.25) is 0 Å². The Bertz CT molecular complexity index is 367. The van der Waals surface area contributed by atoms with E-state index in [1.807, 2.05) is 6.92 Å². The first-order valence-corrected chi connectivity index (χ1v) is 4.18. The van der Waals surface area contributed by atoms with Crippen LogP contribution in [-0.4, -0.2) is 10.7 Å². The first-order chi connectivity index (χ1) is 6.42. The minimum absolute atomic E-state index is 0.610. The third kappa shape index (κ3) is 2.90. The van der Waals surface area contributed by atoms with Crippen molar-refractivity contribution in [3.05, 3.63) is 34.2 Å². The van der Waals surface area contributed by atoms with Crippen LogP contribution in [0.15, 0.2) is 23.1 Å². The van der Waals surface area contributed by atoms with Crippen LogP contribution in [0, 0.1) is 0 Å². The summed E-state index contributed by atoms with van der Waals surface area (Å²) in [6.45, 7) is 0.610. The topological polar surface area (TPSA) is 22.0 Å². The Hall–Kier alpha value is -1.26. The fourth-order valence-electron chi connectivity index (χ4n) is 1.09. The molecule has 0 aliphatic rings. The number of pyridine rings is 1. The summed E-state index contributed by atoms with van der Waals surface area (Å²) in [5.74, 6) is 0. The van der Waals surface area contributed by atoms with Gasteiger partial charge in [-0.25, -0.2) is 0 Å². The molecule has 1 heterocycles. The Balaban J connectivity index is 2.96. The van der Waals surface area contributed by atoms with E-state index < -0.39 is 18.3 Å². The summed E-state index contributed by atoms with van der Waals surface area (Å²) in [7, 11) is 0. The molecule has 0 aliphatic heterocycles. The lowest BCUT2D eigenvalue weighted by atomic mass is 10.2.